The maximum absolute atomic E-state index is 12.8. The molecular formula is C27H31N3O4. The lowest BCUT2D eigenvalue weighted by molar-refractivity contribution is -0.123. The summed E-state index contributed by atoms with van der Waals surface area (Å²) in [7, 11) is 0. The van der Waals surface area contributed by atoms with Gasteiger partial charge in [-0.1, -0.05) is 31.4 Å². The van der Waals surface area contributed by atoms with E-state index >= 15 is 0 Å². The van der Waals surface area contributed by atoms with Crippen molar-refractivity contribution in [2.24, 2.45) is 11.3 Å². The van der Waals surface area contributed by atoms with Crippen LogP contribution in [0.15, 0.2) is 39.2 Å². The van der Waals surface area contributed by atoms with Crippen molar-refractivity contribution < 1.29 is 18.4 Å². The van der Waals surface area contributed by atoms with Crippen LogP contribution in [0.4, 0.5) is 5.69 Å². The summed E-state index contributed by atoms with van der Waals surface area (Å²) in [6, 6.07) is 9.11. The highest BCUT2D eigenvalue weighted by Gasteiger charge is 2.57. The summed E-state index contributed by atoms with van der Waals surface area (Å²) in [5.41, 5.74) is 2.73. The van der Waals surface area contributed by atoms with Gasteiger partial charge < -0.3 is 19.5 Å². The van der Waals surface area contributed by atoms with Crippen LogP contribution in [0.3, 0.4) is 0 Å². The Labute approximate surface area is 199 Å². The molecule has 0 saturated heterocycles. The van der Waals surface area contributed by atoms with Gasteiger partial charge >= 0.3 is 0 Å². The molecule has 0 aliphatic heterocycles. The Balaban J connectivity index is 1.28. The summed E-state index contributed by atoms with van der Waals surface area (Å²) in [6.45, 7) is 5.76. The fourth-order valence-corrected chi connectivity index (χ4v) is 5.35. The van der Waals surface area contributed by atoms with Gasteiger partial charge in [-0.25, -0.2) is 4.98 Å². The lowest BCUT2D eigenvalue weighted by atomic mass is 9.84. The Morgan fingerprint density at radius 2 is 1.82 bits per heavy atom. The first-order valence-electron chi connectivity index (χ1n) is 12.1. The Morgan fingerprint density at radius 3 is 2.56 bits per heavy atom. The van der Waals surface area contributed by atoms with Gasteiger partial charge in [0, 0.05) is 5.92 Å². The molecule has 7 nitrogen and oxygen atoms in total. The van der Waals surface area contributed by atoms with E-state index in [1.54, 1.807) is 13.0 Å². The zero-order valence-electron chi connectivity index (χ0n) is 20.0. The number of nitrogens with one attached hydrogen (secondary N) is 2. The topological polar surface area (TPSA) is 97.4 Å². The second-order valence-corrected chi connectivity index (χ2v) is 9.75. The molecule has 1 atom stereocenters. The molecule has 2 heterocycles. The van der Waals surface area contributed by atoms with Gasteiger partial charge in [0.05, 0.1) is 23.4 Å². The molecule has 5 rings (SSSR count). The normalized spacial score (nSPS) is 18.6. The van der Waals surface area contributed by atoms with Crippen LogP contribution in [0.5, 0.6) is 0 Å². The van der Waals surface area contributed by atoms with E-state index in [4.69, 9.17) is 8.83 Å². The van der Waals surface area contributed by atoms with Crippen LogP contribution in [0.2, 0.25) is 0 Å². The average molecular weight is 462 g/mol. The second-order valence-electron chi connectivity index (χ2n) is 9.75. The van der Waals surface area contributed by atoms with E-state index in [2.05, 4.69) is 15.6 Å². The lowest BCUT2D eigenvalue weighted by Crippen LogP contribution is -2.28. The monoisotopic (exact) mass is 461 g/mol. The van der Waals surface area contributed by atoms with E-state index in [0.29, 0.717) is 52.2 Å². The number of aromatic nitrogens is 1. The number of anilines is 1. The summed E-state index contributed by atoms with van der Waals surface area (Å²) in [4.78, 5) is 30.2. The van der Waals surface area contributed by atoms with Crippen molar-refractivity contribution in [1.29, 1.82) is 0 Å². The van der Waals surface area contributed by atoms with Crippen LogP contribution in [-0.2, 0) is 11.3 Å². The molecule has 2 aliphatic carbocycles. The van der Waals surface area contributed by atoms with E-state index < -0.39 is 0 Å². The lowest BCUT2D eigenvalue weighted by Gasteiger charge is -2.21. The molecule has 178 valence electrons. The molecule has 0 bridgehead atoms. The van der Waals surface area contributed by atoms with Gasteiger partial charge in [0.2, 0.25) is 11.8 Å². The highest BCUT2D eigenvalue weighted by atomic mass is 16.4. The van der Waals surface area contributed by atoms with Crippen molar-refractivity contribution in [2.45, 2.75) is 65.8 Å². The average Bonchev–Trinajstić information content (AvgIpc) is 3.19. The van der Waals surface area contributed by atoms with Gasteiger partial charge in [-0.15, -0.1) is 0 Å². The third-order valence-corrected chi connectivity index (χ3v) is 7.37. The minimum absolute atomic E-state index is 0.129. The fourth-order valence-electron chi connectivity index (χ4n) is 5.35. The number of carbonyl (C=O) groups excluding carboxylic acids is 2. The predicted octanol–water partition coefficient (Wildman–Crippen LogP) is 5.70. The maximum atomic E-state index is 12.8. The summed E-state index contributed by atoms with van der Waals surface area (Å²) < 4.78 is 11.4. The summed E-state index contributed by atoms with van der Waals surface area (Å²) >= 11 is 0. The SMILES string of the molecule is Cc1cc(C(=O)Nc2ccccc2-c2nc(CNC(=O)C3CC34CCCCC4)c(C)o2)c(C)o1. The van der Waals surface area contributed by atoms with Gasteiger partial charge in [-0.05, 0) is 63.6 Å². The van der Waals surface area contributed by atoms with Crippen LogP contribution in [-0.4, -0.2) is 16.8 Å². The Kier molecular flexibility index (Phi) is 5.80. The Bertz CT molecular complexity index is 1230. The summed E-state index contributed by atoms with van der Waals surface area (Å²) in [5, 5.41) is 6.02. The van der Waals surface area contributed by atoms with Crippen LogP contribution < -0.4 is 10.6 Å². The quantitative estimate of drug-likeness (QED) is 0.491. The molecule has 2 fully saturated rings. The van der Waals surface area contributed by atoms with Gasteiger partial charge in [-0.2, -0.15) is 0 Å². The van der Waals surface area contributed by atoms with Crippen LogP contribution >= 0.6 is 0 Å². The number of oxazole rings is 1. The third-order valence-electron chi connectivity index (χ3n) is 7.37. The molecule has 0 radical (unpaired) electrons. The molecule has 1 aromatic carbocycles. The Hall–Kier alpha value is -3.35. The van der Waals surface area contributed by atoms with E-state index in [1.165, 1.54) is 32.1 Å². The number of hydrogen-bond donors (Lipinski definition) is 2. The van der Waals surface area contributed by atoms with Crippen molar-refractivity contribution >= 4 is 17.5 Å². The van der Waals surface area contributed by atoms with Crippen molar-refractivity contribution in [1.82, 2.24) is 10.3 Å². The van der Waals surface area contributed by atoms with Crippen molar-refractivity contribution in [3.8, 4) is 11.5 Å². The molecule has 2 saturated carbocycles. The molecule has 34 heavy (non-hydrogen) atoms. The van der Waals surface area contributed by atoms with Crippen molar-refractivity contribution in [3.05, 3.63) is 58.9 Å². The number of para-hydroxylation sites is 1. The van der Waals surface area contributed by atoms with Gasteiger partial charge in [0.15, 0.2) is 0 Å². The molecule has 2 aromatic heterocycles. The highest BCUT2D eigenvalue weighted by molar-refractivity contribution is 6.06. The smallest absolute Gasteiger partial charge is 0.259 e. The molecule has 7 heteroatoms. The Morgan fingerprint density at radius 1 is 1.06 bits per heavy atom. The number of aryl methyl sites for hydroxylation is 3. The van der Waals surface area contributed by atoms with E-state index in [9.17, 15) is 9.59 Å². The van der Waals surface area contributed by atoms with Gasteiger partial charge in [-0.3, -0.25) is 9.59 Å². The maximum Gasteiger partial charge on any atom is 0.259 e. The van der Waals surface area contributed by atoms with Crippen molar-refractivity contribution in [3.63, 3.8) is 0 Å². The first kappa shape index (κ1) is 22.4. The zero-order valence-corrected chi connectivity index (χ0v) is 20.0. The van der Waals surface area contributed by atoms with Crippen LogP contribution in [0.1, 0.15) is 71.9 Å². The van der Waals surface area contributed by atoms with Gasteiger partial charge in [0.1, 0.15) is 23.0 Å². The van der Waals surface area contributed by atoms with E-state index in [1.807, 2.05) is 38.1 Å². The molecule has 1 spiro atoms. The molecular weight excluding hydrogens is 430 g/mol. The summed E-state index contributed by atoms with van der Waals surface area (Å²) in [5.74, 6) is 2.34. The number of benzene rings is 1. The van der Waals surface area contributed by atoms with E-state index in [0.717, 1.165) is 6.42 Å². The number of carbonyl (C=O) groups is 2. The third kappa shape index (κ3) is 4.27. The predicted molar refractivity (Wildman–Crippen MR) is 128 cm³/mol. The zero-order chi connectivity index (χ0) is 23.9. The molecule has 2 aliphatic rings. The number of furan rings is 1. The second kappa shape index (κ2) is 8.78. The molecule has 1 unspecified atom stereocenters. The highest BCUT2D eigenvalue weighted by Crippen LogP contribution is 2.61. The minimum atomic E-state index is -0.251. The minimum Gasteiger partial charge on any atom is -0.466 e. The van der Waals surface area contributed by atoms with E-state index in [-0.39, 0.29) is 23.1 Å². The summed E-state index contributed by atoms with van der Waals surface area (Å²) in [6.07, 6.45) is 7.15. The largest absolute Gasteiger partial charge is 0.466 e. The molecule has 2 N–H and O–H groups in total. The fraction of sp³-hybridized carbons (Fsp3) is 0.444. The standard InChI is InChI=1S/C27H31N3O4/c1-16-13-20(17(2)33-16)24(31)29-22-10-6-5-9-19(22)26-30-23(18(3)34-26)15-28-25(32)21-14-27(21)11-7-4-8-12-27/h5-6,9-10,13,21H,4,7-8,11-12,14-15H2,1-3H3,(H,28,32)(H,29,31). The number of rotatable bonds is 6. The van der Waals surface area contributed by atoms with Crippen molar-refractivity contribution in [2.75, 3.05) is 5.32 Å². The number of hydrogen-bond acceptors (Lipinski definition) is 5. The molecule has 2 amide bonds. The number of nitrogens with zero attached hydrogens (tertiary/aromatic N) is 1. The first-order chi connectivity index (χ1) is 16.4. The van der Waals surface area contributed by atoms with Crippen LogP contribution in [0.25, 0.3) is 11.5 Å². The number of amides is 2. The van der Waals surface area contributed by atoms with Gasteiger partial charge in [0.25, 0.3) is 5.91 Å². The van der Waals surface area contributed by atoms with Crippen LogP contribution in [0, 0.1) is 32.1 Å². The first-order valence-corrected chi connectivity index (χ1v) is 12.1. The molecule has 3 aromatic rings.